The molecule has 8 heteroatoms. The first-order valence-corrected chi connectivity index (χ1v) is 10.4. The average Bonchev–Trinajstić information content (AvgIpc) is 3.16. The van der Waals surface area contributed by atoms with E-state index in [-0.39, 0.29) is 5.91 Å². The van der Waals surface area contributed by atoms with Crippen LogP contribution in [0.4, 0.5) is 5.13 Å². The molecule has 0 unspecified atom stereocenters. The number of nitrogens with one attached hydrogen (secondary N) is 1. The van der Waals surface area contributed by atoms with Crippen LogP contribution in [0.5, 0.6) is 0 Å². The Morgan fingerprint density at radius 1 is 1.11 bits per heavy atom. The number of hydrogen-bond acceptors (Lipinski definition) is 7. The van der Waals surface area contributed by atoms with Crippen molar-refractivity contribution >= 4 is 32.6 Å². The molecule has 1 N–H and O–H groups in total. The zero-order valence-corrected chi connectivity index (χ0v) is 16.3. The standard InChI is InChI=1S/C19H26N4O3S/c24-18(20-4-1-5-22-6-10-25-11-7-22)15-2-3-16-17(14-15)27-19(21-16)23-8-12-26-13-9-23/h2-3,14H,1,4-13H2,(H,20,24). The Balaban J connectivity index is 1.31. The van der Waals surface area contributed by atoms with E-state index < -0.39 is 0 Å². The van der Waals surface area contributed by atoms with Gasteiger partial charge in [-0.15, -0.1) is 0 Å². The summed E-state index contributed by atoms with van der Waals surface area (Å²) in [6, 6.07) is 5.76. The van der Waals surface area contributed by atoms with Crippen LogP contribution in [0.3, 0.4) is 0 Å². The van der Waals surface area contributed by atoms with Gasteiger partial charge in [0.1, 0.15) is 0 Å². The number of carbonyl (C=O) groups excluding carboxylic acids is 1. The summed E-state index contributed by atoms with van der Waals surface area (Å²) in [7, 11) is 0. The second-order valence-corrected chi connectivity index (χ2v) is 7.85. The third-order valence-electron chi connectivity index (χ3n) is 4.96. The summed E-state index contributed by atoms with van der Waals surface area (Å²) in [6.45, 7) is 8.52. The zero-order valence-electron chi connectivity index (χ0n) is 15.5. The maximum atomic E-state index is 12.5. The molecule has 0 saturated carbocycles. The fourth-order valence-electron chi connectivity index (χ4n) is 3.38. The number of ether oxygens (including phenoxy) is 2. The van der Waals surface area contributed by atoms with Crippen LogP contribution in [0, 0.1) is 0 Å². The van der Waals surface area contributed by atoms with Gasteiger partial charge in [-0.05, 0) is 31.2 Å². The maximum Gasteiger partial charge on any atom is 0.251 e. The molecule has 4 rings (SSSR count). The van der Waals surface area contributed by atoms with Crippen molar-refractivity contribution in [3.05, 3.63) is 23.8 Å². The third kappa shape index (κ3) is 4.76. The second kappa shape index (κ2) is 8.97. The van der Waals surface area contributed by atoms with Crippen molar-refractivity contribution in [2.45, 2.75) is 6.42 Å². The van der Waals surface area contributed by atoms with Crippen molar-refractivity contribution < 1.29 is 14.3 Å². The predicted molar refractivity (Wildman–Crippen MR) is 107 cm³/mol. The summed E-state index contributed by atoms with van der Waals surface area (Å²) in [6.07, 6.45) is 0.954. The minimum atomic E-state index is -0.0137. The van der Waals surface area contributed by atoms with Crippen molar-refractivity contribution in [3.8, 4) is 0 Å². The fraction of sp³-hybridized carbons (Fsp3) is 0.579. The van der Waals surface area contributed by atoms with Crippen molar-refractivity contribution in [1.82, 2.24) is 15.2 Å². The van der Waals surface area contributed by atoms with Crippen molar-refractivity contribution in [2.24, 2.45) is 0 Å². The molecule has 0 spiro atoms. The van der Waals surface area contributed by atoms with Crippen LogP contribution in [-0.4, -0.2) is 81.5 Å². The number of rotatable bonds is 6. The Labute approximate surface area is 163 Å². The van der Waals surface area contributed by atoms with Crippen molar-refractivity contribution in [1.29, 1.82) is 0 Å². The first-order chi connectivity index (χ1) is 13.3. The lowest BCUT2D eigenvalue weighted by Crippen LogP contribution is -2.38. The fourth-order valence-corrected chi connectivity index (χ4v) is 4.43. The molecular formula is C19H26N4O3S. The Kier molecular flexibility index (Phi) is 6.18. The molecule has 146 valence electrons. The highest BCUT2D eigenvalue weighted by Gasteiger charge is 2.16. The first-order valence-electron chi connectivity index (χ1n) is 9.61. The number of nitrogens with zero attached hydrogens (tertiary/aromatic N) is 3. The van der Waals surface area contributed by atoms with Crippen molar-refractivity contribution in [3.63, 3.8) is 0 Å². The zero-order chi connectivity index (χ0) is 18.5. The summed E-state index contributed by atoms with van der Waals surface area (Å²) in [5.74, 6) is -0.0137. The summed E-state index contributed by atoms with van der Waals surface area (Å²) < 4.78 is 11.8. The number of carbonyl (C=O) groups is 1. The highest BCUT2D eigenvalue weighted by atomic mass is 32.1. The lowest BCUT2D eigenvalue weighted by Gasteiger charge is -2.26. The van der Waals surface area contributed by atoms with Gasteiger partial charge < -0.3 is 19.7 Å². The van der Waals surface area contributed by atoms with Gasteiger partial charge in [0.15, 0.2) is 5.13 Å². The van der Waals surface area contributed by atoms with Gasteiger partial charge in [-0.2, -0.15) is 0 Å². The van der Waals surface area contributed by atoms with E-state index in [1.165, 1.54) is 0 Å². The molecule has 2 aliphatic heterocycles. The molecular weight excluding hydrogens is 364 g/mol. The molecule has 2 aromatic rings. The van der Waals surface area contributed by atoms with Gasteiger partial charge in [-0.25, -0.2) is 4.98 Å². The van der Waals surface area contributed by atoms with Crippen molar-refractivity contribution in [2.75, 3.05) is 70.6 Å². The van der Waals surface area contributed by atoms with Crippen LogP contribution >= 0.6 is 11.3 Å². The first kappa shape index (κ1) is 18.6. The average molecular weight is 391 g/mol. The lowest BCUT2D eigenvalue weighted by molar-refractivity contribution is 0.0374. The predicted octanol–water partition coefficient (Wildman–Crippen LogP) is 1.58. The quantitative estimate of drug-likeness (QED) is 0.756. The Bertz CT molecular complexity index is 769. The Morgan fingerprint density at radius 2 is 1.85 bits per heavy atom. The van der Waals surface area contributed by atoms with Crippen LogP contribution in [0.2, 0.25) is 0 Å². The lowest BCUT2D eigenvalue weighted by atomic mass is 10.2. The third-order valence-corrected chi connectivity index (χ3v) is 6.04. The van der Waals surface area contributed by atoms with E-state index in [1.807, 2.05) is 18.2 Å². The number of hydrogen-bond donors (Lipinski definition) is 1. The Hall–Kier alpha value is -1.74. The van der Waals surface area contributed by atoms with Crippen LogP contribution in [-0.2, 0) is 9.47 Å². The van der Waals surface area contributed by atoms with Gasteiger partial charge in [-0.3, -0.25) is 9.69 Å². The van der Waals surface area contributed by atoms with Gasteiger partial charge in [0, 0.05) is 38.3 Å². The van der Waals surface area contributed by atoms with E-state index in [4.69, 9.17) is 14.5 Å². The summed E-state index contributed by atoms with van der Waals surface area (Å²) in [4.78, 5) is 21.8. The van der Waals surface area contributed by atoms with Gasteiger partial charge in [0.25, 0.3) is 5.91 Å². The molecule has 1 aromatic heterocycles. The molecule has 1 amide bonds. The highest BCUT2D eigenvalue weighted by Crippen LogP contribution is 2.30. The maximum absolute atomic E-state index is 12.5. The number of benzene rings is 1. The van der Waals surface area contributed by atoms with Gasteiger partial charge >= 0.3 is 0 Å². The normalized spacial score (nSPS) is 18.7. The second-order valence-electron chi connectivity index (χ2n) is 6.84. The monoisotopic (exact) mass is 390 g/mol. The molecule has 0 radical (unpaired) electrons. The van der Waals surface area contributed by atoms with E-state index in [1.54, 1.807) is 11.3 Å². The van der Waals surface area contributed by atoms with Crippen LogP contribution < -0.4 is 10.2 Å². The number of fused-ring (bicyclic) bond motifs is 1. The minimum absolute atomic E-state index is 0.0137. The van der Waals surface area contributed by atoms with E-state index in [0.717, 1.165) is 80.9 Å². The molecule has 0 bridgehead atoms. The Morgan fingerprint density at radius 3 is 2.63 bits per heavy atom. The highest BCUT2D eigenvalue weighted by molar-refractivity contribution is 7.22. The number of amides is 1. The largest absolute Gasteiger partial charge is 0.379 e. The smallest absolute Gasteiger partial charge is 0.251 e. The number of anilines is 1. The molecule has 0 aliphatic carbocycles. The summed E-state index contributed by atoms with van der Waals surface area (Å²) >= 11 is 1.64. The molecule has 2 fully saturated rings. The van der Waals surface area contributed by atoms with E-state index in [2.05, 4.69) is 15.1 Å². The van der Waals surface area contributed by atoms with Gasteiger partial charge in [-0.1, -0.05) is 11.3 Å². The molecule has 2 saturated heterocycles. The molecule has 1 aromatic carbocycles. The molecule has 7 nitrogen and oxygen atoms in total. The van der Waals surface area contributed by atoms with Gasteiger partial charge in [0.05, 0.1) is 36.6 Å². The van der Waals surface area contributed by atoms with E-state index in [0.29, 0.717) is 12.1 Å². The topological polar surface area (TPSA) is 66.9 Å². The summed E-state index contributed by atoms with van der Waals surface area (Å²) in [5.41, 5.74) is 1.65. The molecule has 0 atom stereocenters. The number of morpholine rings is 2. The van der Waals surface area contributed by atoms with Crippen LogP contribution in [0.1, 0.15) is 16.8 Å². The number of aromatic nitrogens is 1. The summed E-state index contributed by atoms with van der Waals surface area (Å²) in [5, 5.41) is 4.04. The molecule has 27 heavy (non-hydrogen) atoms. The van der Waals surface area contributed by atoms with Crippen LogP contribution in [0.25, 0.3) is 10.2 Å². The minimum Gasteiger partial charge on any atom is -0.379 e. The van der Waals surface area contributed by atoms with E-state index in [9.17, 15) is 4.79 Å². The van der Waals surface area contributed by atoms with E-state index >= 15 is 0 Å². The number of thiazole rings is 1. The van der Waals surface area contributed by atoms with Gasteiger partial charge in [0.2, 0.25) is 0 Å². The molecule has 2 aliphatic rings. The molecule has 3 heterocycles. The van der Waals surface area contributed by atoms with Crippen LogP contribution in [0.15, 0.2) is 18.2 Å². The SMILES string of the molecule is O=C(NCCCN1CCOCC1)c1ccc2nc(N3CCOCC3)sc2c1.